The maximum Gasteiger partial charge on any atom is 0.150 e. The van der Waals surface area contributed by atoms with E-state index >= 15 is 0 Å². The maximum atomic E-state index is 10.7. The fraction of sp³-hybridized carbons (Fsp3) is 0.0667. The van der Waals surface area contributed by atoms with Crippen molar-refractivity contribution in [3.8, 4) is 11.4 Å². The number of rotatable bonds is 2. The zero-order chi connectivity index (χ0) is 12.5. The van der Waals surface area contributed by atoms with Crippen LogP contribution in [0.3, 0.4) is 0 Å². The summed E-state index contributed by atoms with van der Waals surface area (Å²) in [5.41, 5.74) is 3.88. The molecule has 3 nitrogen and oxygen atoms in total. The summed E-state index contributed by atoms with van der Waals surface area (Å²) in [7, 11) is 0. The molecule has 0 saturated heterocycles. The maximum absolute atomic E-state index is 10.7. The lowest BCUT2D eigenvalue weighted by Crippen LogP contribution is -1.90. The summed E-state index contributed by atoms with van der Waals surface area (Å²) in [6.07, 6.45) is 4.50. The highest BCUT2D eigenvalue weighted by Gasteiger charge is 2.06. The van der Waals surface area contributed by atoms with E-state index in [4.69, 9.17) is 0 Å². The summed E-state index contributed by atoms with van der Waals surface area (Å²) in [6, 6.07) is 11.9. The summed E-state index contributed by atoms with van der Waals surface area (Å²) < 4.78 is 1.98. The van der Waals surface area contributed by atoms with Gasteiger partial charge in [-0.1, -0.05) is 29.8 Å². The number of carbonyl (C=O) groups excluding carboxylic acids is 1. The van der Waals surface area contributed by atoms with Crippen LogP contribution in [0.5, 0.6) is 0 Å². The second-order valence-corrected chi connectivity index (χ2v) is 4.32. The average molecular weight is 236 g/mol. The Morgan fingerprint density at radius 1 is 1.17 bits per heavy atom. The summed E-state index contributed by atoms with van der Waals surface area (Å²) in [5.74, 6) is 0.891. The van der Waals surface area contributed by atoms with E-state index < -0.39 is 0 Å². The van der Waals surface area contributed by atoms with Crippen LogP contribution < -0.4 is 0 Å². The summed E-state index contributed by atoms with van der Waals surface area (Å²) in [6.45, 7) is 2.06. The lowest BCUT2D eigenvalue weighted by molar-refractivity contribution is 0.112. The van der Waals surface area contributed by atoms with Gasteiger partial charge >= 0.3 is 0 Å². The van der Waals surface area contributed by atoms with Crippen molar-refractivity contribution in [2.24, 2.45) is 0 Å². The molecule has 0 aliphatic rings. The van der Waals surface area contributed by atoms with Crippen LogP contribution in [0.1, 0.15) is 15.9 Å². The number of imidazole rings is 1. The van der Waals surface area contributed by atoms with E-state index in [2.05, 4.69) is 36.2 Å². The van der Waals surface area contributed by atoms with Gasteiger partial charge in [0.1, 0.15) is 12.1 Å². The van der Waals surface area contributed by atoms with Gasteiger partial charge in [-0.15, -0.1) is 0 Å². The van der Waals surface area contributed by atoms with Gasteiger partial charge in [0.2, 0.25) is 0 Å². The molecule has 0 radical (unpaired) electrons. The average Bonchev–Trinajstić information content (AvgIpc) is 2.82. The van der Waals surface area contributed by atoms with Crippen molar-refractivity contribution in [2.45, 2.75) is 6.92 Å². The Bertz CT molecular complexity index is 711. The molecule has 0 aliphatic heterocycles. The molecule has 0 bridgehead atoms. The van der Waals surface area contributed by atoms with Gasteiger partial charge in [0.15, 0.2) is 0 Å². The number of hydrogen-bond donors (Lipinski definition) is 0. The number of aromatic nitrogens is 2. The van der Waals surface area contributed by atoms with Gasteiger partial charge in [-0.25, -0.2) is 4.98 Å². The first-order chi connectivity index (χ1) is 8.78. The van der Waals surface area contributed by atoms with Gasteiger partial charge in [0.05, 0.1) is 11.7 Å². The second-order valence-electron chi connectivity index (χ2n) is 4.32. The lowest BCUT2D eigenvalue weighted by Gasteiger charge is -2.02. The van der Waals surface area contributed by atoms with E-state index in [1.807, 2.05) is 16.7 Å². The minimum Gasteiger partial charge on any atom is -0.300 e. The number of hydrogen-bond acceptors (Lipinski definition) is 2. The highest BCUT2D eigenvalue weighted by Crippen LogP contribution is 2.20. The van der Waals surface area contributed by atoms with E-state index in [0.29, 0.717) is 5.56 Å². The first-order valence-corrected chi connectivity index (χ1v) is 5.77. The van der Waals surface area contributed by atoms with Gasteiger partial charge in [0, 0.05) is 17.3 Å². The predicted molar refractivity (Wildman–Crippen MR) is 70.8 cm³/mol. The SMILES string of the molecule is Cc1ccc(-c2ncc3cc(C=O)ccn23)cc1. The third kappa shape index (κ3) is 1.70. The number of fused-ring (bicyclic) bond motifs is 1. The molecule has 1 aromatic carbocycles. The van der Waals surface area contributed by atoms with E-state index in [9.17, 15) is 4.79 Å². The molecule has 0 N–H and O–H groups in total. The fourth-order valence-electron chi connectivity index (χ4n) is 2.01. The Labute approximate surface area is 105 Å². The Hall–Kier alpha value is -2.42. The van der Waals surface area contributed by atoms with Crippen molar-refractivity contribution in [3.05, 3.63) is 59.9 Å². The van der Waals surface area contributed by atoms with Crippen LogP contribution in [-0.2, 0) is 0 Å². The van der Waals surface area contributed by atoms with Gasteiger partial charge in [-0.2, -0.15) is 0 Å². The monoisotopic (exact) mass is 236 g/mol. The third-order valence-corrected chi connectivity index (χ3v) is 3.00. The van der Waals surface area contributed by atoms with Crippen molar-refractivity contribution < 1.29 is 4.79 Å². The van der Waals surface area contributed by atoms with Crippen molar-refractivity contribution >= 4 is 11.8 Å². The zero-order valence-corrected chi connectivity index (χ0v) is 10.00. The van der Waals surface area contributed by atoms with E-state index in [-0.39, 0.29) is 0 Å². The largest absolute Gasteiger partial charge is 0.300 e. The standard InChI is InChI=1S/C15H12N2O/c1-11-2-4-13(5-3-11)15-16-9-14-8-12(10-18)6-7-17(14)15/h2-10H,1H3. The number of nitrogens with zero attached hydrogens (tertiary/aromatic N) is 2. The van der Waals surface area contributed by atoms with Crippen molar-refractivity contribution in [3.63, 3.8) is 0 Å². The molecule has 18 heavy (non-hydrogen) atoms. The van der Waals surface area contributed by atoms with E-state index in [1.165, 1.54) is 5.56 Å². The second kappa shape index (κ2) is 4.11. The molecule has 3 heteroatoms. The minimum atomic E-state index is 0.665. The molecule has 0 unspecified atom stereocenters. The Morgan fingerprint density at radius 2 is 1.94 bits per heavy atom. The van der Waals surface area contributed by atoms with Crippen molar-refractivity contribution in [1.29, 1.82) is 0 Å². The fourth-order valence-corrected chi connectivity index (χ4v) is 2.01. The molecule has 2 aromatic heterocycles. The minimum absolute atomic E-state index is 0.665. The summed E-state index contributed by atoms with van der Waals surface area (Å²) >= 11 is 0. The van der Waals surface area contributed by atoms with Gasteiger partial charge in [-0.05, 0) is 19.1 Å². The Morgan fingerprint density at radius 3 is 2.67 bits per heavy atom. The molecule has 0 fully saturated rings. The quantitative estimate of drug-likeness (QED) is 0.641. The molecule has 0 atom stereocenters. The number of carbonyl (C=O) groups is 1. The number of benzene rings is 1. The molecule has 3 aromatic rings. The zero-order valence-electron chi connectivity index (χ0n) is 10.00. The van der Waals surface area contributed by atoms with Gasteiger partial charge < -0.3 is 0 Å². The van der Waals surface area contributed by atoms with E-state index in [0.717, 1.165) is 23.2 Å². The highest BCUT2D eigenvalue weighted by molar-refractivity contribution is 5.78. The van der Waals surface area contributed by atoms with Crippen LogP contribution in [0.4, 0.5) is 0 Å². The number of aryl methyl sites for hydroxylation is 1. The Balaban J connectivity index is 2.18. The van der Waals surface area contributed by atoms with Gasteiger partial charge in [-0.3, -0.25) is 9.20 Å². The normalized spacial score (nSPS) is 10.7. The Kier molecular flexibility index (Phi) is 2.45. The topological polar surface area (TPSA) is 34.4 Å². The van der Waals surface area contributed by atoms with Crippen LogP contribution in [0.2, 0.25) is 0 Å². The molecular weight excluding hydrogens is 224 g/mol. The molecule has 3 rings (SSSR count). The van der Waals surface area contributed by atoms with Crippen LogP contribution in [0, 0.1) is 6.92 Å². The molecular formula is C15H12N2O. The van der Waals surface area contributed by atoms with Crippen LogP contribution in [-0.4, -0.2) is 15.7 Å². The predicted octanol–water partition coefficient (Wildman–Crippen LogP) is 3.12. The lowest BCUT2D eigenvalue weighted by atomic mass is 10.1. The van der Waals surface area contributed by atoms with Crippen LogP contribution in [0.15, 0.2) is 48.8 Å². The molecule has 2 heterocycles. The number of pyridine rings is 1. The summed E-state index contributed by atoms with van der Waals surface area (Å²) in [4.78, 5) is 15.2. The molecule has 0 spiro atoms. The first-order valence-electron chi connectivity index (χ1n) is 5.77. The highest BCUT2D eigenvalue weighted by atomic mass is 16.1. The van der Waals surface area contributed by atoms with Crippen molar-refractivity contribution in [2.75, 3.05) is 0 Å². The van der Waals surface area contributed by atoms with E-state index in [1.54, 1.807) is 12.3 Å². The molecule has 0 saturated carbocycles. The first kappa shape index (κ1) is 10.7. The summed E-state index contributed by atoms with van der Waals surface area (Å²) in [5, 5.41) is 0. The number of aldehydes is 1. The van der Waals surface area contributed by atoms with Crippen LogP contribution >= 0.6 is 0 Å². The third-order valence-electron chi connectivity index (χ3n) is 3.00. The van der Waals surface area contributed by atoms with Crippen LogP contribution in [0.25, 0.3) is 16.9 Å². The molecule has 88 valence electrons. The van der Waals surface area contributed by atoms with Gasteiger partial charge in [0.25, 0.3) is 0 Å². The smallest absolute Gasteiger partial charge is 0.150 e. The molecule has 0 amide bonds. The van der Waals surface area contributed by atoms with Crippen molar-refractivity contribution in [1.82, 2.24) is 9.38 Å². The molecule has 0 aliphatic carbocycles.